The molecule has 4 bridgehead atoms. The van der Waals surface area contributed by atoms with E-state index >= 15 is 0 Å². The van der Waals surface area contributed by atoms with E-state index in [1.165, 1.54) is 43.4 Å². The Balaban J connectivity index is 1.26. The molecule has 0 aliphatic heterocycles. The van der Waals surface area contributed by atoms with Crippen molar-refractivity contribution in [3.63, 3.8) is 0 Å². The maximum absolute atomic E-state index is 14.2. The lowest BCUT2D eigenvalue weighted by Crippen LogP contribution is -2.74. The molecule has 8 rings (SSSR count). The van der Waals surface area contributed by atoms with Gasteiger partial charge in [-0.25, -0.2) is 0 Å². The summed E-state index contributed by atoms with van der Waals surface area (Å²) in [6.07, 6.45) is 7.79. The fourth-order valence-electron chi connectivity index (χ4n) is 11.0. The number of carbonyl (C=O) groups is 5. The van der Waals surface area contributed by atoms with Gasteiger partial charge < -0.3 is 26.2 Å². The first-order valence-corrected chi connectivity index (χ1v) is 16.3. The Morgan fingerprint density at radius 2 is 1.58 bits per heavy atom. The number of nitrogens with two attached hydrogens (primary N) is 1. The summed E-state index contributed by atoms with van der Waals surface area (Å²) >= 11 is 0. The number of rotatable bonds is 6. The van der Waals surface area contributed by atoms with Crippen molar-refractivity contribution in [2.45, 2.75) is 75.1 Å². The summed E-state index contributed by atoms with van der Waals surface area (Å²) in [6.45, 7) is 0.532. The van der Waals surface area contributed by atoms with Crippen LogP contribution in [-0.2, 0) is 32.1 Å². The maximum Gasteiger partial charge on any atom is 0.235 e. The summed E-state index contributed by atoms with van der Waals surface area (Å²) in [6, 6.07) is 0.490. The zero-order valence-electron chi connectivity index (χ0n) is 26.5. The summed E-state index contributed by atoms with van der Waals surface area (Å²) in [7, 11) is 6.96. The molecule has 6 saturated carbocycles. The molecule has 6 atom stereocenters. The molecule has 1 amide bonds. The van der Waals surface area contributed by atoms with E-state index in [0.717, 1.165) is 29.0 Å². The predicted molar refractivity (Wildman–Crippen MR) is 163 cm³/mol. The second-order valence-corrected chi connectivity index (χ2v) is 15.5. The van der Waals surface area contributed by atoms with Crippen molar-refractivity contribution in [2.75, 3.05) is 33.1 Å². The minimum Gasteiger partial charge on any atom is -0.507 e. The summed E-state index contributed by atoms with van der Waals surface area (Å²) in [5.41, 5.74) is 5.13. The molecule has 45 heavy (non-hydrogen) atoms. The highest BCUT2D eigenvalue weighted by molar-refractivity contribution is 6.32. The Bertz CT molecular complexity index is 1500. The number of carbonyl (C=O) groups excluding carboxylic acids is 5. The van der Waals surface area contributed by atoms with Gasteiger partial charge in [-0.05, 0) is 106 Å². The van der Waals surface area contributed by atoms with Crippen LogP contribution in [0.1, 0.15) is 66.4 Å². The monoisotopic (exact) mass is 620 g/mol. The highest BCUT2D eigenvalue weighted by Gasteiger charge is 2.69. The highest BCUT2D eigenvalue weighted by atomic mass is 16.3. The van der Waals surface area contributed by atoms with Crippen LogP contribution < -0.4 is 16.0 Å². The molecule has 6 fully saturated rings. The van der Waals surface area contributed by atoms with Crippen molar-refractivity contribution in [2.24, 2.45) is 47.2 Å². The molecule has 0 radical (unpaired) electrons. The third-order valence-corrected chi connectivity index (χ3v) is 12.3. The van der Waals surface area contributed by atoms with Crippen LogP contribution in [0.25, 0.3) is 0 Å². The van der Waals surface area contributed by atoms with Gasteiger partial charge in [-0.3, -0.25) is 28.9 Å². The van der Waals surface area contributed by atoms with E-state index in [9.17, 15) is 34.2 Å². The molecule has 0 heterocycles. The van der Waals surface area contributed by atoms with Crippen LogP contribution in [0.2, 0.25) is 0 Å². The average Bonchev–Trinajstić information content (AvgIpc) is 2.92. The number of anilines is 1. The smallest absolute Gasteiger partial charge is 0.235 e. The standard InChI is InChI=1S/C34H44N4O7/c1-37(2)26-19(14-36-33-11-15-5-16(12-33)7-17(6-15)13-33)10-22(39)24-20(26)8-18-9-21-27(38(3)4)29(41)25(32(35)44)31(43)34(21,45)30(42)23(18)28(24)40/h10,15-18,21,23,25,27,36,39,45H,5-9,11-14H2,1-4H3,(H2,35,44)/t15?,16?,17?,18-,21-,23?,25?,27-,33?,34-/m0/s1. The van der Waals surface area contributed by atoms with Gasteiger partial charge in [0, 0.05) is 37.8 Å². The third-order valence-electron chi connectivity index (χ3n) is 12.3. The van der Waals surface area contributed by atoms with Crippen LogP contribution in [0, 0.1) is 41.4 Å². The maximum atomic E-state index is 14.2. The Kier molecular flexibility index (Phi) is 6.90. The number of Topliss-reactive ketones (excluding diaryl/α,β-unsaturated/α-hetero) is 4. The molecule has 1 aromatic carbocycles. The number of benzene rings is 1. The molecular formula is C34H44N4O7. The van der Waals surface area contributed by atoms with Crippen molar-refractivity contribution in [1.29, 1.82) is 0 Å². The predicted octanol–water partition coefficient (Wildman–Crippen LogP) is 0.991. The van der Waals surface area contributed by atoms with E-state index in [-0.39, 0.29) is 29.7 Å². The molecule has 1 aromatic rings. The lowest BCUT2D eigenvalue weighted by molar-refractivity contribution is -0.181. The van der Waals surface area contributed by atoms with Crippen LogP contribution in [-0.4, -0.2) is 89.5 Å². The van der Waals surface area contributed by atoms with Gasteiger partial charge in [-0.1, -0.05) is 0 Å². The Labute approximate surface area is 262 Å². The number of aromatic hydroxyl groups is 1. The number of likely N-dealkylation sites (N-methyl/N-ethyl adjacent to an activating group) is 1. The molecule has 7 aliphatic carbocycles. The number of ketones is 4. The molecule has 242 valence electrons. The van der Waals surface area contributed by atoms with E-state index < -0.39 is 64.4 Å². The molecule has 11 nitrogen and oxygen atoms in total. The van der Waals surface area contributed by atoms with Crippen molar-refractivity contribution in [3.8, 4) is 5.75 Å². The van der Waals surface area contributed by atoms with Gasteiger partial charge in [0.25, 0.3) is 0 Å². The number of phenols is 1. The minimum atomic E-state index is -2.72. The lowest BCUT2D eigenvalue weighted by Gasteiger charge is -2.57. The topological polar surface area (TPSA) is 170 Å². The molecule has 0 spiro atoms. The number of amides is 1. The van der Waals surface area contributed by atoms with Gasteiger partial charge in [0.1, 0.15) is 5.75 Å². The van der Waals surface area contributed by atoms with E-state index in [4.69, 9.17) is 5.73 Å². The van der Waals surface area contributed by atoms with E-state index in [1.807, 2.05) is 19.0 Å². The number of primary amides is 1. The van der Waals surface area contributed by atoms with Gasteiger partial charge in [0.05, 0.1) is 17.5 Å². The number of hydrogen-bond acceptors (Lipinski definition) is 10. The van der Waals surface area contributed by atoms with Crippen molar-refractivity contribution < 1.29 is 34.2 Å². The Morgan fingerprint density at radius 3 is 2.11 bits per heavy atom. The van der Waals surface area contributed by atoms with Gasteiger partial charge in [0.2, 0.25) is 5.91 Å². The normalized spacial score (nSPS) is 40.0. The quantitative estimate of drug-likeness (QED) is 0.337. The number of nitrogens with one attached hydrogen (secondary N) is 1. The number of phenolic OH excluding ortho intramolecular Hbond substituents is 1. The van der Waals surface area contributed by atoms with E-state index in [1.54, 1.807) is 20.2 Å². The summed E-state index contributed by atoms with van der Waals surface area (Å²) in [5.74, 6) is -7.96. The van der Waals surface area contributed by atoms with Crippen LogP contribution >= 0.6 is 0 Å². The van der Waals surface area contributed by atoms with Crippen molar-refractivity contribution >= 4 is 34.7 Å². The minimum absolute atomic E-state index is 0.0313. The van der Waals surface area contributed by atoms with E-state index in [0.29, 0.717) is 12.1 Å². The zero-order chi connectivity index (χ0) is 32.3. The van der Waals surface area contributed by atoms with Crippen LogP contribution in [0.5, 0.6) is 5.75 Å². The summed E-state index contributed by atoms with van der Waals surface area (Å²) < 4.78 is 0. The van der Waals surface area contributed by atoms with Crippen molar-refractivity contribution in [1.82, 2.24) is 10.2 Å². The Morgan fingerprint density at radius 1 is 0.978 bits per heavy atom. The lowest BCUT2D eigenvalue weighted by atomic mass is 9.52. The molecule has 2 unspecified atom stereocenters. The fraction of sp³-hybridized carbons (Fsp3) is 0.676. The fourth-order valence-corrected chi connectivity index (χ4v) is 11.0. The molecule has 7 aliphatic rings. The molecule has 5 N–H and O–H groups in total. The second-order valence-electron chi connectivity index (χ2n) is 15.5. The number of fused-ring (bicyclic) bond motifs is 3. The average molecular weight is 621 g/mol. The van der Waals surface area contributed by atoms with Gasteiger partial charge in [0.15, 0.2) is 34.7 Å². The van der Waals surface area contributed by atoms with Gasteiger partial charge >= 0.3 is 0 Å². The zero-order valence-corrected chi connectivity index (χ0v) is 26.5. The summed E-state index contributed by atoms with van der Waals surface area (Å²) in [4.78, 5) is 70.8. The number of aliphatic hydroxyl groups is 1. The number of nitrogens with zero attached hydrogens (tertiary/aromatic N) is 2. The van der Waals surface area contributed by atoms with Crippen molar-refractivity contribution in [3.05, 3.63) is 22.8 Å². The number of hydrogen-bond donors (Lipinski definition) is 4. The van der Waals surface area contributed by atoms with Gasteiger partial charge in [-0.15, -0.1) is 0 Å². The molecular weight excluding hydrogens is 576 g/mol. The molecule has 0 aromatic heterocycles. The molecule has 11 heteroatoms. The van der Waals surface area contributed by atoms with Crippen LogP contribution in [0.3, 0.4) is 0 Å². The highest BCUT2D eigenvalue weighted by Crippen LogP contribution is 2.56. The first-order chi connectivity index (χ1) is 21.2. The Hall–Kier alpha value is -3.15. The van der Waals surface area contributed by atoms with Gasteiger partial charge in [-0.2, -0.15) is 0 Å². The third kappa shape index (κ3) is 4.29. The van der Waals surface area contributed by atoms with E-state index in [2.05, 4.69) is 5.32 Å². The summed E-state index contributed by atoms with van der Waals surface area (Å²) in [5, 5.41) is 27.1. The first kappa shape index (κ1) is 30.5. The van der Waals surface area contributed by atoms with Crippen LogP contribution in [0.4, 0.5) is 5.69 Å². The largest absolute Gasteiger partial charge is 0.507 e. The van der Waals surface area contributed by atoms with Crippen LogP contribution in [0.15, 0.2) is 6.07 Å². The molecule has 0 saturated heterocycles. The second kappa shape index (κ2) is 10.2. The SMILES string of the molecule is CN(C)c1c(CNC23CC4CC(CC(C4)C2)C3)cc(O)c2c1C[C@H]1C[C@H]3[C@H](N(C)C)C(=O)C(C(N)=O)C(=O)[C@@]3(O)C(=O)C1C2=O. The first-order valence-electron chi connectivity index (χ1n) is 16.3.